The minimum atomic E-state index is -0.559. The first kappa shape index (κ1) is 36.7. The quantitative estimate of drug-likeness (QED) is 0.215. The first-order valence-electron chi connectivity index (χ1n) is 18.0. The van der Waals surface area contributed by atoms with Gasteiger partial charge in [0.05, 0.1) is 44.3 Å². The van der Waals surface area contributed by atoms with Crippen LogP contribution in [0.15, 0.2) is 48.6 Å². The normalized spacial score (nSPS) is 22.8. The van der Waals surface area contributed by atoms with Crippen LogP contribution in [0.1, 0.15) is 75.2 Å². The number of fused-ring (bicyclic) bond motifs is 1. The molecule has 2 aromatic rings. The van der Waals surface area contributed by atoms with Gasteiger partial charge in [-0.3, -0.25) is 9.69 Å². The van der Waals surface area contributed by atoms with Crippen molar-refractivity contribution in [3.63, 3.8) is 0 Å². The van der Waals surface area contributed by atoms with E-state index in [9.17, 15) is 9.90 Å². The molecule has 48 heavy (non-hydrogen) atoms. The average Bonchev–Trinajstić information content (AvgIpc) is 3.24. The van der Waals surface area contributed by atoms with Gasteiger partial charge in [-0.1, -0.05) is 49.2 Å². The van der Waals surface area contributed by atoms with Crippen molar-refractivity contribution in [3.05, 3.63) is 70.3 Å². The van der Waals surface area contributed by atoms with Crippen molar-refractivity contribution < 1.29 is 24.1 Å². The maximum atomic E-state index is 11.7. The number of anilines is 1. The summed E-state index contributed by atoms with van der Waals surface area (Å²) in [5.41, 5.74) is 4.56. The summed E-state index contributed by atoms with van der Waals surface area (Å²) in [5.74, 6) is 1.98. The molecular formula is C39H56ClN3O5. The number of ether oxygens (including phenoxy) is 3. The molecule has 9 heteroatoms. The SMILES string of the molecule is CCCc1cc(Cl)ccc1C1COc2ccc(C(C)O)cc2N(CC2CCC2C(/C=C/CCN(C)C(C)=O)OCCN2CCOCC2)C1. The molecule has 8 nitrogen and oxygen atoms in total. The summed E-state index contributed by atoms with van der Waals surface area (Å²) >= 11 is 6.46. The number of benzene rings is 2. The lowest BCUT2D eigenvalue weighted by atomic mass is 9.70. The van der Waals surface area contributed by atoms with Crippen LogP contribution in [0.25, 0.3) is 0 Å². The number of morpholine rings is 1. The summed E-state index contributed by atoms with van der Waals surface area (Å²) < 4.78 is 18.7. The van der Waals surface area contributed by atoms with E-state index in [0.29, 0.717) is 31.6 Å². The Kier molecular flexibility index (Phi) is 13.6. The Bertz CT molecular complexity index is 1360. The summed E-state index contributed by atoms with van der Waals surface area (Å²) in [7, 11) is 1.85. The van der Waals surface area contributed by atoms with E-state index in [2.05, 4.69) is 47.1 Å². The molecule has 2 aromatic carbocycles. The minimum Gasteiger partial charge on any atom is -0.491 e. The van der Waals surface area contributed by atoms with Gasteiger partial charge in [0, 0.05) is 64.2 Å². The van der Waals surface area contributed by atoms with Crippen molar-refractivity contribution in [3.8, 4) is 5.75 Å². The van der Waals surface area contributed by atoms with Crippen molar-refractivity contribution in [2.24, 2.45) is 11.8 Å². The minimum absolute atomic E-state index is 0.0159. The molecule has 1 saturated heterocycles. The number of aliphatic hydroxyl groups is 1. The number of carbonyl (C=O) groups is 1. The van der Waals surface area contributed by atoms with E-state index in [-0.39, 0.29) is 17.9 Å². The number of halogens is 1. The lowest BCUT2D eigenvalue weighted by molar-refractivity contribution is -0.127. The summed E-state index contributed by atoms with van der Waals surface area (Å²) in [4.78, 5) is 18.4. The van der Waals surface area contributed by atoms with Gasteiger partial charge in [0.1, 0.15) is 5.75 Å². The number of hydrogen-bond donors (Lipinski definition) is 1. The Hall–Kier alpha value is -2.62. The Morgan fingerprint density at radius 2 is 2.00 bits per heavy atom. The zero-order chi connectivity index (χ0) is 34.0. The van der Waals surface area contributed by atoms with Crippen LogP contribution in [0, 0.1) is 11.8 Å². The highest BCUT2D eigenvalue weighted by molar-refractivity contribution is 6.30. The number of aryl methyl sites for hydroxylation is 1. The number of hydrogen-bond acceptors (Lipinski definition) is 7. The molecule has 5 unspecified atom stereocenters. The van der Waals surface area contributed by atoms with Gasteiger partial charge in [0.2, 0.25) is 5.91 Å². The molecule has 3 aliphatic rings. The lowest BCUT2D eigenvalue weighted by Crippen LogP contribution is -2.45. The highest BCUT2D eigenvalue weighted by Gasteiger charge is 2.39. The van der Waals surface area contributed by atoms with Crippen LogP contribution >= 0.6 is 11.6 Å². The third kappa shape index (κ3) is 9.75. The maximum absolute atomic E-state index is 11.7. The molecular weight excluding hydrogens is 626 g/mol. The van der Waals surface area contributed by atoms with Crippen LogP contribution in [0.4, 0.5) is 5.69 Å². The van der Waals surface area contributed by atoms with Gasteiger partial charge in [-0.15, -0.1) is 0 Å². The maximum Gasteiger partial charge on any atom is 0.219 e. The van der Waals surface area contributed by atoms with Gasteiger partial charge < -0.3 is 29.1 Å². The third-order valence-corrected chi connectivity index (χ3v) is 10.7. The number of aliphatic hydroxyl groups excluding tert-OH is 1. The number of rotatable bonds is 15. The third-order valence-electron chi connectivity index (χ3n) is 10.4. The fraction of sp³-hybridized carbons (Fsp3) is 0.615. The molecule has 1 saturated carbocycles. The zero-order valence-electron chi connectivity index (χ0n) is 29.4. The molecule has 5 rings (SSSR count). The van der Waals surface area contributed by atoms with Gasteiger partial charge in [-0.05, 0) is 85.4 Å². The largest absolute Gasteiger partial charge is 0.491 e. The number of carbonyl (C=O) groups excluding carboxylic acids is 1. The Balaban J connectivity index is 1.36. The molecule has 1 aliphatic carbocycles. The Labute approximate surface area is 293 Å². The molecule has 0 bridgehead atoms. The Morgan fingerprint density at radius 1 is 1.19 bits per heavy atom. The van der Waals surface area contributed by atoms with Crippen molar-refractivity contribution in [1.29, 1.82) is 0 Å². The fourth-order valence-electron chi connectivity index (χ4n) is 7.25. The molecule has 1 amide bonds. The molecule has 0 radical (unpaired) electrons. The van der Waals surface area contributed by atoms with Gasteiger partial charge in [-0.25, -0.2) is 0 Å². The second-order valence-electron chi connectivity index (χ2n) is 13.9. The molecule has 5 atom stereocenters. The van der Waals surface area contributed by atoms with E-state index in [4.69, 9.17) is 25.8 Å². The van der Waals surface area contributed by atoms with Gasteiger partial charge in [-0.2, -0.15) is 0 Å². The van der Waals surface area contributed by atoms with Gasteiger partial charge in [0.25, 0.3) is 0 Å². The summed E-state index contributed by atoms with van der Waals surface area (Å²) in [6.07, 6.45) is 9.01. The summed E-state index contributed by atoms with van der Waals surface area (Å²) in [6.45, 7) is 13.7. The predicted molar refractivity (Wildman–Crippen MR) is 193 cm³/mol. The molecule has 2 aliphatic heterocycles. The van der Waals surface area contributed by atoms with E-state index in [1.54, 1.807) is 11.8 Å². The average molecular weight is 682 g/mol. The topological polar surface area (TPSA) is 74.7 Å². The summed E-state index contributed by atoms with van der Waals surface area (Å²) in [5, 5.41) is 11.3. The highest BCUT2D eigenvalue weighted by atomic mass is 35.5. The highest BCUT2D eigenvalue weighted by Crippen LogP contribution is 2.43. The van der Waals surface area contributed by atoms with E-state index in [1.807, 2.05) is 32.2 Å². The predicted octanol–water partition coefficient (Wildman–Crippen LogP) is 6.50. The van der Waals surface area contributed by atoms with Crippen LogP contribution in [0.3, 0.4) is 0 Å². The van der Waals surface area contributed by atoms with Crippen molar-refractivity contribution in [1.82, 2.24) is 9.80 Å². The lowest BCUT2D eigenvalue weighted by Gasteiger charge is -2.44. The molecule has 1 N–H and O–H groups in total. The molecule has 2 fully saturated rings. The monoisotopic (exact) mass is 681 g/mol. The number of nitrogens with zero attached hydrogens (tertiary/aromatic N) is 3. The standard InChI is InChI=1S/C39H56ClN3O5/c1-5-8-31-23-34(40)12-14-35(31)33-26-43(37-24-30(28(2)44)11-15-39(37)48-27-33)25-32-10-13-36(32)38(9-6-7-16-41(4)29(3)45)47-22-19-42-17-20-46-21-18-42/h6,9,11-12,14-15,23-24,28,32-33,36,38,44H,5,7-8,10,13,16-22,25-27H2,1-4H3/b9-6+. The fourth-order valence-corrected chi connectivity index (χ4v) is 7.44. The second-order valence-corrected chi connectivity index (χ2v) is 14.3. The van der Waals surface area contributed by atoms with Gasteiger partial charge >= 0.3 is 0 Å². The second kappa shape index (κ2) is 17.9. The van der Waals surface area contributed by atoms with Crippen LogP contribution in [0.2, 0.25) is 5.02 Å². The van der Waals surface area contributed by atoms with E-state index in [0.717, 1.165) is 100 Å². The van der Waals surface area contributed by atoms with E-state index in [1.165, 1.54) is 11.1 Å². The van der Waals surface area contributed by atoms with Crippen molar-refractivity contribution in [2.45, 2.75) is 71.0 Å². The zero-order valence-corrected chi connectivity index (χ0v) is 30.2. The van der Waals surface area contributed by atoms with Gasteiger partial charge in [0.15, 0.2) is 0 Å². The van der Waals surface area contributed by atoms with Crippen LogP contribution in [-0.2, 0) is 20.7 Å². The van der Waals surface area contributed by atoms with Crippen LogP contribution < -0.4 is 9.64 Å². The van der Waals surface area contributed by atoms with Crippen LogP contribution in [-0.4, -0.2) is 99.7 Å². The first-order valence-corrected chi connectivity index (χ1v) is 18.4. The Morgan fingerprint density at radius 3 is 2.71 bits per heavy atom. The van der Waals surface area contributed by atoms with E-state index >= 15 is 0 Å². The number of amides is 1. The smallest absolute Gasteiger partial charge is 0.219 e. The first-order chi connectivity index (χ1) is 23.2. The van der Waals surface area contributed by atoms with Crippen molar-refractivity contribution in [2.75, 3.05) is 77.6 Å². The van der Waals surface area contributed by atoms with Crippen molar-refractivity contribution >= 4 is 23.2 Å². The van der Waals surface area contributed by atoms with Crippen LogP contribution in [0.5, 0.6) is 5.75 Å². The molecule has 2 heterocycles. The summed E-state index contributed by atoms with van der Waals surface area (Å²) in [6, 6.07) is 12.4. The molecule has 0 aromatic heterocycles. The van der Waals surface area contributed by atoms with E-state index < -0.39 is 6.10 Å². The molecule has 264 valence electrons. The molecule has 0 spiro atoms.